The molecular formula is C12H17ClN2O3S. The van der Waals surface area contributed by atoms with Gasteiger partial charge in [0.2, 0.25) is 5.91 Å². The van der Waals surface area contributed by atoms with Crippen molar-refractivity contribution in [3.63, 3.8) is 0 Å². The average molecular weight is 305 g/mol. The predicted molar refractivity (Wildman–Crippen MR) is 75.8 cm³/mol. The smallest absolute Gasteiger partial charge is 0.221 e. The number of nitrogens with one attached hydrogen (secondary N) is 1. The highest BCUT2D eigenvalue weighted by atomic mass is 35.5. The molecule has 0 atom stereocenters. The van der Waals surface area contributed by atoms with Crippen LogP contribution in [0.25, 0.3) is 0 Å². The Bertz CT molecular complexity index is 570. The maximum Gasteiger partial charge on any atom is 0.221 e. The summed E-state index contributed by atoms with van der Waals surface area (Å²) in [7, 11) is -3.58. The maximum atomic E-state index is 12.1. The minimum atomic E-state index is -3.58. The minimum Gasteiger partial charge on any atom is -0.398 e. The van der Waals surface area contributed by atoms with Crippen molar-refractivity contribution < 1.29 is 13.2 Å². The summed E-state index contributed by atoms with van der Waals surface area (Å²) >= 11 is 5.71. The van der Waals surface area contributed by atoms with Crippen LogP contribution in [0.1, 0.15) is 20.3 Å². The van der Waals surface area contributed by atoms with Crippen LogP contribution in [0.5, 0.6) is 0 Å². The number of carbonyl (C=O) groups excluding carboxylic acids is 1. The number of rotatable bonds is 5. The molecule has 7 heteroatoms. The van der Waals surface area contributed by atoms with Crippen molar-refractivity contribution in [2.75, 3.05) is 11.5 Å². The van der Waals surface area contributed by atoms with E-state index in [2.05, 4.69) is 5.32 Å². The fourth-order valence-electron chi connectivity index (χ4n) is 1.53. The number of sulfone groups is 1. The van der Waals surface area contributed by atoms with Gasteiger partial charge in [0, 0.05) is 17.5 Å². The summed E-state index contributed by atoms with van der Waals surface area (Å²) in [4.78, 5) is 11.5. The van der Waals surface area contributed by atoms with E-state index in [-0.39, 0.29) is 34.7 Å². The molecule has 0 unspecified atom stereocenters. The van der Waals surface area contributed by atoms with Crippen molar-refractivity contribution in [3.05, 3.63) is 23.2 Å². The lowest BCUT2D eigenvalue weighted by molar-refractivity contribution is -0.121. The molecule has 0 aliphatic heterocycles. The number of carbonyl (C=O) groups is 1. The number of nitrogens with two attached hydrogens (primary N) is 1. The van der Waals surface area contributed by atoms with Crippen LogP contribution in [0.2, 0.25) is 5.02 Å². The van der Waals surface area contributed by atoms with Crippen LogP contribution in [-0.4, -0.2) is 26.1 Å². The number of hydrogen-bond acceptors (Lipinski definition) is 4. The van der Waals surface area contributed by atoms with Crippen LogP contribution < -0.4 is 11.1 Å². The van der Waals surface area contributed by atoms with E-state index in [1.807, 2.05) is 13.8 Å². The van der Waals surface area contributed by atoms with Gasteiger partial charge in [-0.25, -0.2) is 8.42 Å². The lowest BCUT2D eigenvalue weighted by atomic mass is 10.3. The first-order chi connectivity index (χ1) is 8.72. The Morgan fingerprint density at radius 1 is 1.42 bits per heavy atom. The summed E-state index contributed by atoms with van der Waals surface area (Å²) in [6, 6.07) is 4.17. The summed E-state index contributed by atoms with van der Waals surface area (Å²) in [6.07, 6.45) is -0.0947. The van der Waals surface area contributed by atoms with E-state index < -0.39 is 9.84 Å². The number of anilines is 1. The van der Waals surface area contributed by atoms with Gasteiger partial charge in [-0.15, -0.1) is 0 Å². The molecule has 0 radical (unpaired) electrons. The van der Waals surface area contributed by atoms with Gasteiger partial charge in [0.05, 0.1) is 16.3 Å². The van der Waals surface area contributed by atoms with Crippen LogP contribution in [0.4, 0.5) is 5.69 Å². The maximum absolute atomic E-state index is 12.1. The molecule has 1 amide bonds. The van der Waals surface area contributed by atoms with E-state index in [1.165, 1.54) is 18.2 Å². The van der Waals surface area contributed by atoms with E-state index in [0.717, 1.165) is 0 Å². The average Bonchev–Trinajstić information content (AvgIpc) is 2.25. The molecule has 1 aromatic carbocycles. The molecule has 0 saturated heterocycles. The SMILES string of the molecule is CC(C)NC(=O)CCS(=O)(=O)c1ccc(Cl)cc1N. The Balaban J connectivity index is 2.79. The third-order valence-corrected chi connectivity index (χ3v) is 4.37. The van der Waals surface area contributed by atoms with Gasteiger partial charge < -0.3 is 11.1 Å². The van der Waals surface area contributed by atoms with Crippen molar-refractivity contribution in [2.45, 2.75) is 31.2 Å². The molecule has 0 fully saturated rings. The number of hydrogen-bond donors (Lipinski definition) is 2. The zero-order valence-electron chi connectivity index (χ0n) is 10.8. The van der Waals surface area contributed by atoms with Gasteiger partial charge in [0.15, 0.2) is 9.84 Å². The van der Waals surface area contributed by atoms with Crippen molar-refractivity contribution in [1.82, 2.24) is 5.32 Å². The summed E-state index contributed by atoms with van der Waals surface area (Å²) in [5, 5.41) is 3.00. The van der Waals surface area contributed by atoms with Crippen LogP contribution in [-0.2, 0) is 14.6 Å². The third-order valence-electron chi connectivity index (χ3n) is 2.35. The van der Waals surface area contributed by atoms with Gasteiger partial charge in [-0.1, -0.05) is 11.6 Å². The zero-order chi connectivity index (χ0) is 14.6. The topological polar surface area (TPSA) is 89.3 Å². The van der Waals surface area contributed by atoms with Crippen molar-refractivity contribution in [1.29, 1.82) is 0 Å². The molecule has 3 N–H and O–H groups in total. The molecule has 0 aliphatic carbocycles. The van der Waals surface area contributed by atoms with E-state index in [4.69, 9.17) is 17.3 Å². The first kappa shape index (κ1) is 15.8. The summed E-state index contributed by atoms with van der Waals surface area (Å²) in [5.41, 5.74) is 5.72. The standard InChI is InChI=1S/C12H17ClN2O3S/c1-8(2)15-12(16)5-6-19(17,18)11-4-3-9(13)7-10(11)14/h3-4,7-8H,5-6,14H2,1-2H3,(H,15,16). The Morgan fingerprint density at radius 2 is 2.05 bits per heavy atom. The van der Waals surface area contributed by atoms with Crippen molar-refractivity contribution in [2.24, 2.45) is 0 Å². The van der Waals surface area contributed by atoms with Gasteiger partial charge in [0.1, 0.15) is 0 Å². The van der Waals surface area contributed by atoms with Crippen LogP contribution in [0.3, 0.4) is 0 Å². The molecule has 0 saturated carbocycles. The van der Waals surface area contributed by atoms with Gasteiger partial charge in [-0.05, 0) is 32.0 Å². The molecule has 19 heavy (non-hydrogen) atoms. The monoisotopic (exact) mass is 304 g/mol. The van der Waals surface area contributed by atoms with Crippen LogP contribution >= 0.6 is 11.6 Å². The van der Waals surface area contributed by atoms with E-state index in [0.29, 0.717) is 5.02 Å². The van der Waals surface area contributed by atoms with Crippen LogP contribution in [0.15, 0.2) is 23.1 Å². The highest BCUT2D eigenvalue weighted by Crippen LogP contribution is 2.23. The molecule has 0 heterocycles. The fourth-order valence-corrected chi connectivity index (χ4v) is 3.08. The molecule has 0 aromatic heterocycles. The number of nitrogen functional groups attached to an aromatic ring is 1. The Morgan fingerprint density at radius 3 is 2.58 bits per heavy atom. The van der Waals surface area contributed by atoms with E-state index in [1.54, 1.807) is 0 Å². The number of amides is 1. The lowest BCUT2D eigenvalue weighted by Crippen LogP contribution is -2.31. The molecular weight excluding hydrogens is 288 g/mol. The summed E-state index contributed by atoms with van der Waals surface area (Å²) in [5.74, 6) is -0.580. The second kappa shape index (κ2) is 6.25. The first-order valence-corrected chi connectivity index (χ1v) is 7.82. The van der Waals surface area contributed by atoms with Gasteiger partial charge in [-0.3, -0.25) is 4.79 Å². The predicted octanol–water partition coefficient (Wildman–Crippen LogP) is 1.61. The second-order valence-corrected chi connectivity index (χ2v) is 6.99. The largest absolute Gasteiger partial charge is 0.398 e. The number of benzene rings is 1. The van der Waals surface area contributed by atoms with Gasteiger partial charge in [0.25, 0.3) is 0 Å². The third kappa shape index (κ3) is 4.72. The molecule has 106 valence electrons. The molecule has 1 aromatic rings. The fraction of sp³-hybridized carbons (Fsp3) is 0.417. The Hall–Kier alpha value is -1.27. The van der Waals surface area contributed by atoms with Crippen LogP contribution in [0, 0.1) is 0 Å². The lowest BCUT2D eigenvalue weighted by Gasteiger charge is -2.10. The van der Waals surface area contributed by atoms with Gasteiger partial charge >= 0.3 is 0 Å². The highest BCUT2D eigenvalue weighted by Gasteiger charge is 2.19. The van der Waals surface area contributed by atoms with E-state index >= 15 is 0 Å². The second-order valence-electron chi connectivity index (χ2n) is 4.47. The quantitative estimate of drug-likeness (QED) is 0.809. The molecule has 0 aliphatic rings. The molecule has 0 spiro atoms. The van der Waals surface area contributed by atoms with Crippen molar-refractivity contribution in [3.8, 4) is 0 Å². The molecule has 0 bridgehead atoms. The normalized spacial score (nSPS) is 11.6. The zero-order valence-corrected chi connectivity index (χ0v) is 12.4. The summed E-state index contributed by atoms with van der Waals surface area (Å²) in [6.45, 7) is 3.62. The number of halogens is 1. The first-order valence-electron chi connectivity index (χ1n) is 5.79. The van der Waals surface area contributed by atoms with Gasteiger partial charge in [-0.2, -0.15) is 0 Å². The Labute approximate surface area is 118 Å². The summed E-state index contributed by atoms with van der Waals surface area (Å²) < 4.78 is 24.1. The molecule has 5 nitrogen and oxygen atoms in total. The molecule has 1 rings (SSSR count). The highest BCUT2D eigenvalue weighted by molar-refractivity contribution is 7.91. The minimum absolute atomic E-state index is 0.00856. The van der Waals surface area contributed by atoms with E-state index in [9.17, 15) is 13.2 Å². The Kier molecular flexibility index (Phi) is 5.20. The van der Waals surface area contributed by atoms with Crippen molar-refractivity contribution >= 4 is 33.0 Å².